The number of aromatic nitrogens is 5. The number of benzene rings is 1. The molecular weight excluding hydrogens is 688 g/mol. The van der Waals surface area contributed by atoms with Crippen molar-refractivity contribution in [3.05, 3.63) is 57.2 Å². The van der Waals surface area contributed by atoms with Gasteiger partial charge < -0.3 is 29.3 Å². The first-order valence-corrected chi connectivity index (χ1v) is 16.6. The van der Waals surface area contributed by atoms with E-state index in [9.17, 15) is 36.7 Å². The fourth-order valence-corrected chi connectivity index (χ4v) is 6.36. The van der Waals surface area contributed by atoms with Crippen molar-refractivity contribution in [3.8, 4) is 0 Å². The number of amides is 3. The van der Waals surface area contributed by atoms with Gasteiger partial charge in [-0.25, -0.2) is 9.37 Å². The predicted octanol–water partition coefficient (Wildman–Crippen LogP) is 2.22. The summed E-state index contributed by atoms with van der Waals surface area (Å²) >= 11 is 1.17. The van der Waals surface area contributed by atoms with Crippen molar-refractivity contribution in [1.82, 2.24) is 29.0 Å². The maximum atomic E-state index is 14.6. The third-order valence-corrected chi connectivity index (χ3v) is 8.95. The Morgan fingerprint density at radius 1 is 1.02 bits per heavy atom. The number of hydrogen-bond acceptors (Lipinski definition) is 11. The maximum Gasteiger partial charge on any atom is 0.416 e. The molecule has 2 aliphatic heterocycles. The molecule has 50 heavy (non-hydrogen) atoms. The van der Waals surface area contributed by atoms with E-state index in [1.54, 1.807) is 17.2 Å². The minimum atomic E-state index is -4.77. The Hall–Kier alpha value is -5.11. The van der Waals surface area contributed by atoms with E-state index in [0.29, 0.717) is 50.6 Å². The second-order valence-corrected chi connectivity index (χ2v) is 12.3. The lowest BCUT2D eigenvalue weighted by atomic mass is 10.2. The van der Waals surface area contributed by atoms with Gasteiger partial charge in [0.05, 0.1) is 23.6 Å². The molecule has 2 aliphatic rings. The molecule has 3 aromatic heterocycles. The number of alkyl halides is 3. The van der Waals surface area contributed by atoms with Gasteiger partial charge in [0.2, 0.25) is 17.6 Å². The van der Waals surface area contributed by atoms with Gasteiger partial charge in [-0.1, -0.05) is 6.92 Å². The van der Waals surface area contributed by atoms with Crippen LogP contribution >= 0.6 is 11.3 Å². The Kier molecular flexibility index (Phi) is 10.0. The van der Waals surface area contributed by atoms with Gasteiger partial charge in [-0.3, -0.25) is 24.5 Å². The van der Waals surface area contributed by atoms with Crippen LogP contribution in [0.5, 0.6) is 0 Å². The summed E-state index contributed by atoms with van der Waals surface area (Å²) in [5.74, 6) is -3.38. The molecule has 5 heterocycles. The molecule has 4 aromatic rings. The molecule has 266 valence electrons. The molecule has 0 radical (unpaired) electrons. The van der Waals surface area contributed by atoms with Crippen LogP contribution in [-0.4, -0.2) is 99.3 Å². The number of nitrogens with zero attached hydrogens (tertiary/aromatic N) is 8. The lowest BCUT2D eigenvalue weighted by Crippen LogP contribution is -2.53. The molecule has 2 N–H and O–H groups in total. The van der Waals surface area contributed by atoms with Gasteiger partial charge in [0.1, 0.15) is 18.0 Å². The van der Waals surface area contributed by atoms with Gasteiger partial charge in [0, 0.05) is 57.5 Å². The third kappa shape index (κ3) is 7.25. The van der Waals surface area contributed by atoms with Gasteiger partial charge in [-0.2, -0.15) is 22.7 Å². The number of nitrogens with one attached hydrogen (secondary N) is 2. The Balaban J connectivity index is 1.31. The van der Waals surface area contributed by atoms with Gasteiger partial charge in [-0.05, 0) is 31.0 Å². The van der Waals surface area contributed by atoms with Crippen LogP contribution in [0.1, 0.15) is 24.6 Å². The minimum Gasteiger partial charge on any atom is -0.380 e. The first kappa shape index (κ1) is 34.7. The Labute approximate surface area is 285 Å². The lowest BCUT2D eigenvalue weighted by Gasteiger charge is -2.36. The molecule has 0 spiro atoms. The first-order valence-electron chi connectivity index (χ1n) is 15.7. The highest BCUT2D eigenvalue weighted by Crippen LogP contribution is 2.31. The highest BCUT2D eigenvalue weighted by atomic mass is 32.1. The van der Waals surface area contributed by atoms with E-state index < -0.39 is 53.1 Å². The summed E-state index contributed by atoms with van der Waals surface area (Å²) < 4.78 is 62.0. The molecule has 6 rings (SSSR count). The molecule has 0 saturated carbocycles. The zero-order valence-corrected chi connectivity index (χ0v) is 27.5. The highest BCUT2D eigenvalue weighted by molar-refractivity contribution is 7.13. The van der Waals surface area contributed by atoms with Crippen molar-refractivity contribution in [2.75, 3.05) is 72.9 Å². The van der Waals surface area contributed by atoms with E-state index in [1.165, 1.54) is 27.0 Å². The summed E-state index contributed by atoms with van der Waals surface area (Å²) in [6.45, 7) is 3.79. The van der Waals surface area contributed by atoms with E-state index in [4.69, 9.17) is 4.74 Å². The Bertz CT molecular complexity index is 1950. The van der Waals surface area contributed by atoms with Gasteiger partial charge in [-0.15, -0.1) is 16.4 Å². The van der Waals surface area contributed by atoms with Crippen LogP contribution in [-0.2, 0) is 38.3 Å². The standard InChI is InChI=1S/C30H32F4N10O5S/c1-2-21-23(40-8-10-41(11-9-40)26(48)24(46)37-28-35-6-15-50-28)25(47)44-29(38-27(39-44)42-7-3-13-49-14-12-42)43(21)17-22(45)36-20-5-4-18(16-19(20)31)30(32,33)34/h4-6,15-16H,2-3,7-14,17H2,1H3,(H,36,45)(H,35,37,46). The topological polar surface area (TPSA) is 159 Å². The third-order valence-electron chi connectivity index (χ3n) is 8.26. The number of ether oxygens (including phenoxy) is 1. The van der Waals surface area contributed by atoms with Crippen molar-refractivity contribution in [2.24, 2.45) is 0 Å². The van der Waals surface area contributed by atoms with E-state index in [2.05, 4.69) is 25.7 Å². The first-order chi connectivity index (χ1) is 23.9. The normalized spacial score (nSPS) is 15.7. The number of halogens is 4. The monoisotopic (exact) mass is 720 g/mol. The number of carbonyl (C=O) groups is 3. The number of rotatable bonds is 7. The molecular formula is C30H32F4N10O5S. The number of anilines is 4. The number of piperazine rings is 1. The van der Waals surface area contributed by atoms with Crippen molar-refractivity contribution in [1.29, 1.82) is 0 Å². The van der Waals surface area contributed by atoms with Crippen LogP contribution in [0.25, 0.3) is 5.78 Å². The van der Waals surface area contributed by atoms with Crippen LogP contribution in [0.4, 0.5) is 40.0 Å². The summed E-state index contributed by atoms with van der Waals surface area (Å²) in [7, 11) is 0. The molecule has 15 nitrogen and oxygen atoms in total. The zero-order valence-electron chi connectivity index (χ0n) is 26.7. The summed E-state index contributed by atoms with van der Waals surface area (Å²) in [4.78, 5) is 66.4. The van der Waals surface area contributed by atoms with Crippen LogP contribution in [0.15, 0.2) is 34.6 Å². The lowest BCUT2D eigenvalue weighted by molar-refractivity contribution is -0.143. The molecule has 2 saturated heterocycles. The molecule has 20 heteroatoms. The molecule has 0 aliphatic carbocycles. The zero-order chi connectivity index (χ0) is 35.6. The van der Waals surface area contributed by atoms with Crippen LogP contribution in [0, 0.1) is 5.82 Å². The SMILES string of the molecule is CCc1c(N2CCN(C(=O)C(=O)Nc3nccs3)CC2)c(=O)n2nc(N3CCCOCC3)nc2n1CC(=O)Nc1ccc(C(F)(F)F)cc1F. The quantitative estimate of drug-likeness (QED) is 0.214. The maximum absolute atomic E-state index is 14.6. The molecule has 0 unspecified atom stereocenters. The Morgan fingerprint density at radius 3 is 2.48 bits per heavy atom. The van der Waals surface area contributed by atoms with Crippen LogP contribution < -0.4 is 26.0 Å². The summed E-state index contributed by atoms with van der Waals surface area (Å²) in [5.41, 5.74) is -1.59. The van der Waals surface area contributed by atoms with Crippen LogP contribution in [0.2, 0.25) is 0 Å². The van der Waals surface area contributed by atoms with Gasteiger partial charge >= 0.3 is 18.0 Å². The molecule has 0 bridgehead atoms. The number of fused-ring (bicyclic) bond motifs is 1. The number of carbonyl (C=O) groups excluding carboxylic acids is 3. The molecule has 2 fully saturated rings. The van der Waals surface area contributed by atoms with Crippen molar-refractivity contribution in [2.45, 2.75) is 32.5 Å². The predicted molar refractivity (Wildman–Crippen MR) is 174 cm³/mol. The van der Waals surface area contributed by atoms with Gasteiger partial charge in [0.15, 0.2) is 5.13 Å². The van der Waals surface area contributed by atoms with Crippen molar-refractivity contribution in [3.63, 3.8) is 0 Å². The van der Waals surface area contributed by atoms with E-state index >= 15 is 0 Å². The number of thiazole rings is 1. The fraction of sp³-hybridized carbons (Fsp3) is 0.433. The summed E-state index contributed by atoms with van der Waals surface area (Å²) in [6, 6.07) is 1.79. The minimum absolute atomic E-state index is 0.0338. The molecule has 3 amide bonds. The van der Waals surface area contributed by atoms with E-state index in [-0.39, 0.29) is 55.1 Å². The van der Waals surface area contributed by atoms with E-state index in [0.717, 1.165) is 10.6 Å². The van der Waals surface area contributed by atoms with Gasteiger partial charge in [0.25, 0.3) is 5.56 Å². The van der Waals surface area contributed by atoms with Crippen LogP contribution in [0.3, 0.4) is 0 Å². The smallest absolute Gasteiger partial charge is 0.380 e. The second kappa shape index (κ2) is 14.4. The Morgan fingerprint density at radius 2 is 1.80 bits per heavy atom. The summed E-state index contributed by atoms with van der Waals surface area (Å²) in [6.07, 6.45) is -2.35. The largest absolute Gasteiger partial charge is 0.416 e. The summed E-state index contributed by atoms with van der Waals surface area (Å²) in [5, 5.41) is 11.2. The second-order valence-electron chi connectivity index (χ2n) is 11.4. The average molecular weight is 721 g/mol. The molecule has 1 aromatic carbocycles. The van der Waals surface area contributed by atoms with Crippen molar-refractivity contribution >= 4 is 57.3 Å². The molecule has 0 atom stereocenters. The van der Waals surface area contributed by atoms with Crippen molar-refractivity contribution < 1.29 is 36.7 Å². The van der Waals surface area contributed by atoms with E-state index in [1.807, 2.05) is 4.90 Å². The number of hydrogen-bond donors (Lipinski definition) is 2. The fourth-order valence-electron chi connectivity index (χ4n) is 5.84. The highest BCUT2D eigenvalue weighted by Gasteiger charge is 2.33. The average Bonchev–Trinajstić information content (AvgIpc) is 3.70.